The zero-order valence-electron chi connectivity index (χ0n) is 12.9. The summed E-state index contributed by atoms with van der Waals surface area (Å²) in [6.07, 6.45) is 3.88. The number of amides is 1. The van der Waals surface area contributed by atoms with Crippen molar-refractivity contribution >= 4 is 15.9 Å². The van der Waals surface area contributed by atoms with E-state index >= 15 is 0 Å². The molecule has 0 aliphatic carbocycles. The van der Waals surface area contributed by atoms with Gasteiger partial charge in [0.2, 0.25) is 15.9 Å². The summed E-state index contributed by atoms with van der Waals surface area (Å²) in [5, 5.41) is 2.74. The number of benzene rings is 1. The molecule has 0 unspecified atom stereocenters. The van der Waals surface area contributed by atoms with Crippen molar-refractivity contribution in [1.82, 2.24) is 15.0 Å². The monoisotopic (exact) mass is 351 g/mol. The molecule has 0 spiro atoms. The van der Waals surface area contributed by atoms with Gasteiger partial charge in [0.15, 0.2) is 0 Å². The molecule has 2 rings (SSSR count). The molecule has 0 aliphatic heterocycles. The summed E-state index contributed by atoms with van der Waals surface area (Å²) in [4.78, 5) is 15.6. The van der Waals surface area contributed by atoms with Crippen molar-refractivity contribution in [1.29, 1.82) is 0 Å². The lowest BCUT2D eigenvalue weighted by molar-refractivity contribution is -0.121. The van der Waals surface area contributed by atoms with Gasteiger partial charge in [0.05, 0.1) is 4.90 Å². The minimum atomic E-state index is -3.69. The SMILES string of the molecule is O=C(CCCNS(=O)(=O)c1ccc(F)cc1)NCc1cccnc1. The van der Waals surface area contributed by atoms with Gasteiger partial charge in [0, 0.05) is 31.9 Å². The number of aromatic nitrogens is 1. The Labute approximate surface area is 140 Å². The van der Waals surface area contributed by atoms with E-state index in [2.05, 4.69) is 15.0 Å². The molecule has 6 nitrogen and oxygen atoms in total. The predicted octanol–water partition coefficient (Wildman–Crippen LogP) is 1.60. The van der Waals surface area contributed by atoms with E-state index in [0.717, 1.165) is 17.7 Å². The van der Waals surface area contributed by atoms with Crippen molar-refractivity contribution in [3.8, 4) is 0 Å². The number of hydrogen-bond donors (Lipinski definition) is 2. The quantitative estimate of drug-likeness (QED) is 0.707. The maximum absolute atomic E-state index is 12.8. The summed E-state index contributed by atoms with van der Waals surface area (Å²) >= 11 is 0. The summed E-state index contributed by atoms with van der Waals surface area (Å²) in [5.74, 6) is -0.668. The van der Waals surface area contributed by atoms with E-state index in [0.29, 0.717) is 13.0 Å². The van der Waals surface area contributed by atoms with Crippen LogP contribution in [-0.2, 0) is 21.4 Å². The number of hydrogen-bond acceptors (Lipinski definition) is 4. The molecule has 0 bridgehead atoms. The number of rotatable bonds is 8. The Morgan fingerprint density at radius 3 is 2.58 bits per heavy atom. The van der Waals surface area contributed by atoms with E-state index in [1.165, 1.54) is 12.1 Å². The van der Waals surface area contributed by atoms with Crippen LogP contribution in [0, 0.1) is 5.82 Å². The fourth-order valence-corrected chi connectivity index (χ4v) is 3.02. The molecule has 0 aliphatic rings. The van der Waals surface area contributed by atoms with Gasteiger partial charge < -0.3 is 5.32 Å². The van der Waals surface area contributed by atoms with E-state index in [1.54, 1.807) is 18.5 Å². The Morgan fingerprint density at radius 2 is 1.92 bits per heavy atom. The first-order valence-corrected chi connectivity index (χ1v) is 8.86. The summed E-state index contributed by atoms with van der Waals surface area (Å²) in [5.41, 5.74) is 0.892. The number of carbonyl (C=O) groups excluding carboxylic acids is 1. The first kappa shape index (κ1) is 18.0. The zero-order chi connectivity index (χ0) is 17.4. The van der Waals surface area contributed by atoms with Crippen LogP contribution in [0.2, 0.25) is 0 Å². The number of nitrogens with zero attached hydrogens (tertiary/aromatic N) is 1. The fraction of sp³-hybridized carbons (Fsp3) is 0.250. The Hall–Kier alpha value is -2.32. The van der Waals surface area contributed by atoms with Gasteiger partial charge >= 0.3 is 0 Å². The lowest BCUT2D eigenvalue weighted by atomic mass is 10.2. The van der Waals surface area contributed by atoms with Crippen molar-refractivity contribution in [3.05, 3.63) is 60.2 Å². The van der Waals surface area contributed by atoms with Crippen molar-refractivity contribution in [3.63, 3.8) is 0 Å². The van der Waals surface area contributed by atoms with E-state index < -0.39 is 15.8 Å². The molecule has 0 saturated heterocycles. The summed E-state index contributed by atoms with van der Waals surface area (Å²) in [7, 11) is -3.69. The Bertz CT molecular complexity index is 765. The number of carbonyl (C=O) groups is 1. The van der Waals surface area contributed by atoms with Gasteiger partial charge in [0.1, 0.15) is 5.82 Å². The Morgan fingerprint density at radius 1 is 1.17 bits per heavy atom. The lowest BCUT2D eigenvalue weighted by Gasteiger charge is -2.07. The first-order chi connectivity index (χ1) is 11.5. The van der Waals surface area contributed by atoms with Crippen LogP contribution in [0.4, 0.5) is 4.39 Å². The van der Waals surface area contributed by atoms with Crippen LogP contribution in [0.25, 0.3) is 0 Å². The van der Waals surface area contributed by atoms with Gasteiger partial charge in [-0.05, 0) is 42.3 Å². The molecule has 128 valence electrons. The highest BCUT2D eigenvalue weighted by atomic mass is 32.2. The molecule has 0 fully saturated rings. The third-order valence-electron chi connectivity index (χ3n) is 3.21. The zero-order valence-corrected chi connectivity index (χ0v) is 13.7. The molecule has 1 amide bonds. The van der Waals surface area contributed by atoms with Crippen LogP contribution in [0.5, 0.6) is 0 Å². The van der Waals surface area contributed by atoms with E-state index in [1.807, 2.05) is 6.07 Å². The second-order valence-electron chi connectivity index (χ2n) is 5.09. The minimum Gasteiger partial charge on any atom is -0.352 e. The smallest absolute Gasteiger partial charge is 0.240 e. The molecular formula is C16H18FN3O3S. The summed E-state index contributed by atoms with van der Waals surface area (Å²) in [6, 6.07) is 8.19. The fourth-order valence-electron chi connectivity index (χ4n) is 1.94. The highest BCUT2D eigenvalue weighted by molar-refractivity contribution is 7.89. The average molecular weight is 351 g/mol. The van der Waals surface area contributed by atoms with Gasteiger partial charge in [-0.3, -0.25) is 9.78 Å². The largest absolute Gasteiger partial charge is 0.352 e. The van der Waals surface area contributed by atoms with Crippen molar-refractivity contribution in [2.45, 2.75) is 24.3 Å². The van der Waals surface area contributed by atoms with Crippen molar-refractivity contribution in [2.24, 2.45) is 0 Å². The molecule has 1 aromatic heterocycles. The third kappa shape index (κ3) is 5.71. The molecule has 2 aromatic rings. The van der Waals surface area contributed by atoms with Gasteiger partial charge in [0.25, 0.3) is 0 Å². The molecule has 8 heteroatoms. The van der Waals surface area contributed by atoms with E-state index in [-0.39, 0.29) is 23.8 Å². The second-order valence-corrected chi connectivity index (χ2v) is 6.86. The number of pyridine rings is 1. The van der Waals surface area contributed by atoms with Crippen LogP contribution in [0.1, 0.15) is 18.4 Å². The topological polar surface area (TPSA) is 88.2 Å². The second kappa shape index (κ2) is 8.51. The molecule has 0 saturated carbocycles. The molecule has 1 heterocycles. The number of sulfonamides is 1. The van der Waals surface area contributed by atoms with Crippen LogP contribution >= 0.6 is 0 Å². The van der Waals surface area contributed by atoms with Crippen LogP contribution in [0.15, 0.2) is 53.7 Å². The van der Waals surface area contributed by atoms with Gasteiger partial charge in [-0.2, -0.15) is 0 Å². The van der Waals surface area contributed by atoms with Crippen molar-refractivity contribution < 1.29 is 17.6 Å². The normalized spacial score (nSPS) is 11.2. The molecular weight excluding hydrogens is 333 g/mol. The Balaban J connectivity index is 1.70. The number of nitrogens with one attached hydrogen (secondary N) is 2. The Kier molecular flexibility index (Phi) is 6.39. The maximum Gasteiger partial charge on any atom is 0.240 e. The molecule has 0 radical (unpaired) electrons. The predicted molar refractivity (Wildman–Crippen MR) is 86.9 cm³/mol. The van der Waals surface area contributed by atoms with Crippen LogP contribution < -0.4 is 10.0 Å². The highest BCUT2D eigenvalue weighted by Gasteiger charge is 2.13. The lowest BCUT2D eigenvalue weighted by Crippen LogP contribution is -2.27. The van der Waals surface area contributed by atoms with Gasteiger partial charge in [-0.25, -0.2) is 17.5 Å². The van der Waals surface area contributed by atoms with Gasteiger partial charge in [-0.15, -0.1) is 0 Å². The average Bonchev–Trinajstić information content (AvgIpc) is 2.58. The molecule has 1 aromatic carbocycles. The third-order valence-corrected chi connectivity index (χ3v) is 4.69. The van der Waals surface area contributed by atoms with Crippen LogP contribution in [0.3, 0.4) is 0 Å². The van der Waals surface area contributed by atoms with E-state index in [9.17, 15) is 17.6 Å². The summed E-state index contributed by atoms with van der Waals surface area (Å²) in [6.45, 7) is 0.508. The van der Waals surface area contributed by atoms with E-state index in [4.69, 9.17) is 0 Å². The van der Waals surface area contributed by atoms with Crippen molar-refractivity contribution in [2.75, 3.05) is 6.54 Å². The first-order valence-electron chi connectivity index (χ1n) is 7.38. The molecule has 2 N–H and O–H groups in total. The van der Waals surface area contributed by atoms with Gasteiger partial charge in [-0.1, -0.05) is 6.07 Å². The standard InChI is InChI=1S/C16H18FN3O3S/c17-14-5-7-15(8-6-14)24(22,23)20-10-2-4-16(21)19-12-13-3-1-9-18-11-13/h1,3,5-9,11,20H,2,4,10,12H2,(H,19,21). The molecule has 0 atom stereocenters. The summed E-state index contributed by atoms with van der Waals surface area (Å²) < 4.78 is 39.1. The molecule has 24 heavy (non-hydrogen) atoms. The van der Waals surface area contributed by atoms with Crippen LogP contribution in [-0.4, -0.2) is 25.9 Å². The minimum absolute atomic E-state index is 0.00932. The number of halogens is 1. The maximum atomic E-state index is 12.8. The highest BCUT2D eigenvalue weighted by Crippen LogP contribution is 2.09.